The van der Waals surface area contributed by atoms with E-state index in [2.05, 4.69) is 25.5 Å². The monoisotopic (exact) mass is 311 g/mol. The van der Waals surface area contributed by atoms with Gasteiger partial charge >= 0.3 is 0 Å². The number of aromatic nitrogens is 2. The number of nitrogens with zero attached hydrogens (tertiary/aromatic N) is 3. The van der Waals surface area contributed by atoms with Gasteiger partial charge in [0.2, 0.25) is 0 Å². The average molecular weight is 312 g/mol. The third-order valence-electron chi connectivity index (χ3n) is 2.82. The molecule has 0 radical (unpaired) electrons. The average Bonchev–Trinajstić information content (AvgIpc) is 2.95. The van der Waals surface area contributed by atoms with Gasteiger partial charge in [0.1, 0.15) is 5.82 Å². The molecule has 3 rings (SSSR count). The molecule has 17 heavy (non-hydrogen) atoms. The minimum Gasteiger partial charge on any atom is -0.332 e. The summed E-state index contributed by atoms with van der Waals surface area (Å²) in [6.45, 7) is 2.17. The second-order valence-electron chi connectivity index (χ2n) is 3.87. The van der Waals surface area contributed by atoms with Gasteiger partial charge in [-0.25, -0.2) is 4.98 Å². The van der Waals surface area contributed by atoms with Crippen LogP contribution < -0.4 is 0 Å². The fraction of sp³-hybridized carbons (Fsp3) is 0.273. The van der Waals surface area contributed by atoms with E-state index in [9.17, 15) is 4.79 Å². The second kappa shape index (κ2) is 4.27. The maximum Gasteiger partial charge on any atom is 0.264 e. The molecule has 0 atom stereocenters. The van der Waals surface area contributed by atoms with Crippen LogP contribution in [0.2, 0.25) is 0 Å². The molecule has 0 bridgehead atoms. The number of carbonyl (C=O) groups is 1. The van der Waals surface area contributed by atoms with Crippen LogP contribution in [0, 0.1) is 0 Å². The van der Waals surface area contributed by atoms with Crippen LogP contribution in [0.4, 0.5) is 0 Å². The van der Waals surface area contributed by atoms with Crippen LogP contribution in [0.5, 0.6) is 0 Å². The molecular weight excluding hydrogens is 302 g/mol. The van der Waals surface area contributed by atoms with Gasteiger partial charge in [-0.1, -0.05) is 0 Å². The predicted octanol–water partition coefficient (Wildman–Crippen LogP) is 2.36. The van der Waals surface area contributed by atoms with E-state index >= 15 is 0 Å². The van der Waals surface area contributed by atoms with Gasteiger partial charge < -0.3 is 9.47 Å². The van der Waals surface area contributed by atoms with Crippen LogP contribution in [-0.4, -0.2) is 26.9 Å². The van der Waals surface area contributed by atoms with E-state index in [0.29, 0.717) is 6.54 Å². The fourth-order valence-corrected chi connectivity index (χ4v) is 3.29. The topological polar surface area (TPSA) is 38.1 Å². The molecule has 1 amide bonds. The van der Waals surface area contributed by atoms with Crippen molar-refractivity contribution < 1.29 is 4.79 Å². The first kappa shape index (κ1) is 11.0. The molecule has 88 valence electrons. The van der Waals surface area contributed by atoms with E-state index in [-0.39, 0.29) is 5.91 Å². The lowest BCUT2D eigenvalue weighted by Crippen LogP contribution is -2.37. The number of rotatable bonds is 1. The number of carbonyl (C=O) groups excluding carboxylic acids is 1. The third kappa shape index (κ3) is 2.02. The first-order valence-corrected chi connectivity index (χ1v) is 6.89. The fourth-order valence-electron chi connectivity index (χ4n) is 1.93. The van der Waals surface area contributed by atoms with E-state index in [1.54, 1.807) is 6.20 Å². The van der Waals surface area contributed by atoms with Crippen molar-refractivity contribution in [1.29, 1.82) is 0 Å². The summed E-state index contributed by atoms with van der Waals surface area (Å²) in [5, 5.41) is 0. The van der Waals surface area contributed by atoms with Crippen molar-refractivity contribution in [1.82, 2.24) is 14.5 Å². The zero-order valence-electron chi connectivity index (χ0n) is 8.97. The molecule has 0 unspecified atom stereocenters. The Balaban J connectivity index is 1.81. The predicted molar refractivity (Wildman–Crippen MR) is 69.0 cm³/mol. The van der Waals surface area contributed by atoms with Crippen molar-refractivity contribution >= 4 is 33.2 Å². The lowest BCUT2D eigenvalue weighted by atomic mass is 10.3. The Hall–Kier alpha value is -1.14. The zero-order chi connectivity index (χ0) is 11.8. The first-order chi connectivity index (χ1) is 8.24. The number of thiophene rings is 1. The van der Waals surface area contributed by atoms with Crippen LogP contribution in [0.3, 0.4) is 0 Å². The lowest BCUT2D eigenvalue weighted by molar-refractivity contribution is 0.0712. The van der Waals surface area contributed by atoms with Gasteiger partial charge in [-0.15, -0.1) is 11.3 Å². The molecule has 0 fully saturated rings. The van der Waals surface area contributed by atoms with Gasteiger partial charge in [0.25, 0.3) is 5.91 Å². The molecule has 2 aromatic rings. The molecule has 0 N–H and O–H groups in total. The Bertz CT molecular complexity index is 563. The quantitative estimate of drug-likeness (QED) is 0.811. The number of imidazole rings is 1. The van der Waals surface area contributed by atoms with Crippen molar-refractivity contribution in [2.45, 2.75) is 13.1 Å². The molecule has 2 aromatic heterocycles. The highest BCUT2D eigenvalue weighted by atomic mass is 79.9. The summed E-state index contributed by atoms with van der Waals surface area (Å²) in [6, 6.07) is 3.76. The molecule has 0 spiro atoms. The first-order valence-electron chi connectivity index (χ1n) is 5.28. The summed E-state index contributed by atoms with van der Waals surface area (Å²) < 4.78 is 3.08. The molecule has 3 heterocycles. The van der Waals surface area contributed by atoms with Crippen molar-refractivity contribution in [3.63, 3.8) is 0 Å². The highest BCUT2D eigenvalue weighted by molar-refractivity contribution is 9.11. The summed E-state index contributed by atoms with van der Waals surface area (Å²) in [7, 11) is 0. The molecule has 0 saturated carbocycles. The maximum atomic E-state index is 12.2. The number of halogens is 1. The van der Waals surface area contributed by atoms with Crippen LogP contribution in [0.1, 0.15) is 15.5 Å². The van der Waals surface area contributed by atoms with Crippen molar-refractivity contribution in [3.05, 3.63) is 39.0 Å². The molecule has 0 aliphatic carbocycles. The number of hydrogen-bond acceptors (Lipinski definition) is 3. The van der Waals surface area contributed by atoms with Gasteiger partial charge in [0, 0.05) is 25.5 Å². The van der Waals surface area contributed by atoms with Crippen molar-refractivity contribution in [2.75, 3.05) is 6.54 Å². The highest BCUT2D eigenvalue weighted by Gasteiger charge is 2.23. The standard InChI is InChI=1S/C11H10BrN3OS/c12-9-2-1-8(17-9)11(16)15-6-5-14-4-3-13-10(14)7-15/h1-4H,5-7H2. The van der Waals surface area contributed by atoms with Crippen LogP contribution in [0.25, 0.3) is 0 Å². The van der Waals surface area contributed by atoms with Crippen LogP contribution in [0.15, 0.2) is 28.3 Å². The molecule has 0 saturated heterocycles. The Labute approximate surface area is 111 Å². The summed E-state index contributed by atoms with van der Waals surface area (Å²) in [5.74, 6) is 1.05. The number of fused-ring (bicyclic) bond motifs is 1. The number of amides is 1. The highest BCUT2D eigenvalue weighted by Crippen LogP contribution is 2.24. The van der Waals surface area contributed by atoms with Gasteiger partial charge in [-0.2, -0.15) is 0 Å². The van der Waals surface area contributed by atoms with Gasteiger partial charge in [0.15, 0.2) is 0 Å². The molecular formula is C11H10BrN3OS. The van der Waals surface area contributed by atoms with E-state index in [1.165, 1.54) is 11.3 Å². The summed E-state index contributed by atoms with van der Waals surface area (Å²) in [6.07, 6.45) is 3.74. The number of hydrogen-bond donors (Lipinski definition) is 0. The van der Waals surface area contributed by atoms with E-state index in [0.717, 1.165) is 27.6 Å². The van der Waals surface area contributed by atoms with E-state index in [4.69, 9.17) is 0 Å². The summed E-state index contributed by atoms with van der Waals surface area (Å²) in [4.78, 5) is 19.1. The van der Waals surface area contributed by atoms with E-state index < -0.39 is 0 Å². The Morgan fingerprint density at radius 2 is 2.29 bits per heavy atom. The van der Waals surface area contributed by atoms with Crippen LogP contribution >= 0.6 is 27.3 Å². The largest absolute Gasteiger partial charge is 0.332 e. The molecule has 1 aliphatic heterocycles. The molecule has 6 heteroatoms. The Kier molecular flexibility index (Phi) is 2.76. The lowest BCUT2D eigenvalue weighted by Gasteiger charge is -2.27. The van der Waals surface area contributed by atoms with Crippen molar-refractivity contribution in [3.8, 4) is 0 Å². The van der Waals surface area contributed by atoms with Gasteiger partial charge in [-0.05, 0) is 28.1 Å². The van der Waals surface area contributed by atoms with E-state index in [1.807, 2.05) is 23.2 Å². The second-order valence-corrected chi connectivity index (χ2v) is 6.33. The molecule has 0 aromatic carbocycles. The Morgan fingerprint density at radius 1 is 1.41 bits per heavy atom. The van der Waals surface area contributed by atoms with Gasteiger partial charge in [-0.3, -0.25) is 4.79 Å². The normalized spacial score (nSPS) is 14.8. The minimum atomic E-state index is 0.0925. The zero-order valence-corrected chi connectivity index (χ0v) is 11.4. The Morgan fingerprint density at radius 3 is 3.06 bits per heavy atom. The summed E-state index contributed by atoms with van der Waals surface area (Å²) in [5.41, 5.74) is 0. The van der Waals surface area contributed by atoms with Crippen molar-refractivity contribution in [2.24, 2.45) is 0 Å². The summed E-state index contributed by atoms with van der Waals surface area (Å²) >= 11 is 4.85. The van der Waals surface area contributed by atoms with Gasteiger partial charge in [0.05, 0.1) is 15.2 Å². The minimum absolute atomic E-state index is 0.0925. The van der Waals surface area contributed by atoms with Crippen LogP contribution in [-0.2, 0) is 13.1 Å². The molecule has 1 aliphatic rings. The molecule has 4 nitrogen and oxygen atoms in total. The smallest absolute Gasteiger partial charge is 0.264 e. The SMILES string of the molecule is O=C(c1ccc(Br)s1)N1CCn2ccnc2C1. The maximum absolute atomic E-state index is 12.2. The third-order valence-corrected chi connectivity index (χ3v) is 4.43.